The quantitative estimate of drug-likeness (QED) is 0.0282. The first-order valence-electron chi connectivity index (χ1n) is 30.0. The van der Waals surface area contributed by atoms with Crippen LogP contribution in [0.4, 0.5) is 0 Å². The highest BCUT2D eigenvalue weighted by molar-refractivity contribution is 5.89. The van der Waals surface area contributed by atoms with Crippen LogP contribution in [0, 0.1) is 11.8 Å². The minimum absolute atomic E-state index is 0.0126. The molecule has 1 rings (SSSR count). The van der Waals surface area contributed by atoms with Gasteiger partial charge in [-0.15, -0.1) is 0 Å². The summed E-state index contributed by atoms with van der Waals surface area (Å²) in [6.07, 6.45) is 21.1. The van der Waals surface area contributed by atoms with Crippen LogP contribution in [-0.4, -0.2) is 179 Å². The van der Waals surface area contributed by atoms with E-state index in [4.69, 9.17) is 33.5 Å². The van der Waals surface area contributed by atoms with Gasteiger partial charge in [-0.25, -0.2) is 4.79 Å². The van der Waals surface area contributed by atoms with Gasteiger partial charge < -0.3 is 70.3 Å². The van der Waals surface area contributed by atoms with Gasteiger partial charge in [0.25, 0.3) is 0 Å². The molecule has 1 aliphatic rings. The number of unbranched alkanes of at least 4 members (excludes halogenated alkanes) is 15. The predicted molar refractivity (Wildman–Crippen MR) is 302 cm³/mol. The Morgan fingerprint density at radius 3 is 1.52 bits per heavy atom. The van der Waals surface area contributed by atoms with Crippen molar-refractivity contribution < 1.29 is 91.7 Å². The topological polar surface area (TPSA) is 347 Å². The second kappa shape index (κ2) is 50.4. The summed E-state index contributed by atoms with van der Waals surface area (Å²) >= 11 is 0. The van der Waals surface area contributed by atoms with Crippen LogP contribution in [0.2, 0.25) is 0 Å². The lowest BCUT2D eigenvalue weighted by atomic mass is 9.81. The highest BCUT2D eigenvalue weighted by Gasteiger charge is 2.30. The molecule has 5 amide bonds. The lowest BCUT2D eigenvalue weighted by Gasteiger charge is -2.28. The summed E-state index contributed by atoms with van der Waals surface area (Å²) in [6.45, 7) is 0.968. The zero-order valence-electron chi connectivity index (χ0n) is 49.3. The van der Waals surface area contributed by atoms with Crippen molar-refractivity contribution >= 4 is 59.0 Å². The van der Waals surface area contributed by atoms with E-state index in [1.807, 2.05) is 0 Å². The van der Waals surface area contributed by atoms with Gasteiger partial charge in [0, 0.05) is 84.8 Å². The molecule has 472 valence electrons. The molecule has 1 fully saturated rings. The van der Waals surface area contributed by atoms with Gasteiger partial charge in [0.1, 0.15) is 25.3 Å². The first-order chi connectivity index (χ1) is 39.5. The van der Waals surface area contributed by atoms with Gasteiger partial charge in [0.15, 0.2) is 17.9 Å². The van der Waals surface area contributed by atoms with Gasteiger partial charge in [0.05, 0.1) is 39.6 Å². The van der Waals surface area contributed by atoms with E-state index in [0.29, 0.717) is 58.1 Å². The third-order valence-electron chi connectivity index (χ3n) is 14.1. The number of rotatable bonds is 56. The lowest BCUT2D eigenvalue weighted by molar-refractivity contribution is -0.143. The maximum absolute atomic E-state index is 13.1. The van der Waals surface area contributed by atoms with Crippen molar-refractivity contribution in [3.63, 3.8) is 0 Å². The van der Waals surface area contributed by atoms with E-state index in [0.717, 1.165) is 38.5 Å². The Hall–Kier alpha value is -5.14. The number of carboxylic acids is 3. The van der Waals surface area contributed by atoms with Crippen molar-refractivity contribution in [2.45, 2.75) is 211 Å². The Balaban J connectivity index is 2.18. The molecule has 24 nitrogen and oxygen atoms in total. The number of hydrogen-bond acceptors (Lipinski definition) is 16. The van der Waals surface area contributed by atoms with Gasteiger partial charge >= 0.3 is 17.9 Å². The number of nitrogens with one attached hydrogen (secondary N) is 5. The molecule has 24 heteroatoms. The molecule has 82 heavy (non-hydrogen) atoms. The molecule has 0 aromatic heterocycles. The minimum Gasteiger partial charge on any atom is -0.481 e. The average Bonchev–Trinajstić information content (AvgIpc) is 3.45. The predicted octanol–water partition coefficient (Wildman–Crippen LogP) is 5.33. The summed E-state index contributed by atoms with van der Waals surface area (Å²) in [7, 11) is 2.95. The number of amides is 5. The number of carbonyl (C=O) groups excluding carboxylic acids is 7. The zero-order chi connectivity index (χ0) is 60.4. The van der Waals surface area contributed by atoms with Crippen molar-refractivity contribution in [3.05, 3.63) is 0 Å². The first-order valence-corrected chi connectivity index (χ1v) is 30.0. The van der Waals surface area contributed by atoms with E-state index in [1.165, 1.54) is 78.4 Å². The highest BCUT2D eigenvalue weighted by Crippen LogP contribution is 2.29. The van der Waals surface area contributed by atoms with E-state index in [1.54, 1.807) is 0 Å². The Kier molecular flexibility index (Phi) is 46.0. The standard InChI is InChI=1S/C58H101N5O19/c1-77-55(78-2)32-27-46(64)41-61-52(68)43-82-39-36-79-34-19-20-47(65)42-81-38-37-80-35-33-59-57(74)48(29-31-54(71)72)62-51(67)30-28-49(58(75)76)63-56(73)45-25-23-44(24-26-45)40-60-50(66)21-17-15-13-11-9-7-5-3-4-6-8-10-12-14-16-18-22-53(69)70/h44-45,48-49,55H,3-43H2,1-2H3,(H,59,74)(H,60,66)(H,61,68)(H,62,67)(H,63,73)(H,69,70)(H,71,72)(H,75,76)/t44?,45?,48-,49-/m0/s1. The molecular weight excluding hydrogens is 1070 g/mol. The molecule has 0 aromatic carbocycles. The molecule has 1 saturated carbocycles. The van der Waals surface area contributed by atoms with Gasteiger partial charge in [-0.2, -0.15) is 0 Å². The zero-order valence-corrected chi connectivity index (χ0v) is 49.3. The number of carbonyl (C=O) groups is 10. The third kappa shape index (κ3) is 43.5. The van der Waals surface area contributed by atoms with E-state index in [9.17, 15) is 58.2 Å². The molecule has 2 atom stereocenters. The van der Waals surface area contributed by atoms with Gasteiger partial charge in [-0.3, -0.25) is 43.2 Å². The number of ketones is 2. The molecule has 0 bridgehead atoms. The van der Waals surface area contributed by atoms with Crippen molar-refractivity contribution in [2.24, 2.45) is 11.8 Å². The molecule has 0 saturated heterocycles. The largest absolute Gasteiger partial charge is 0.481 e. The van der Waals surface area contributed by atoms with E-state index >= 15 is 0 Å². The average molecular weight is 1170 g/mol. The van der Waals surface area contributed by atoms with Crippen LogP contribution in [-0.2, 0) is 76.4 Å². The number of Topliss-reactive ketones (excluding diaryl/α,β-unsaturated/α-hetero) is 2. The van der Waals surface area contributed by atoms with E-state index in [-0.39, 0.29) is 121 Å². The van der Waals surface area contributed by atoms with Crippen LogP contribution in [0.3, 0.4) is 0 Å². The summed E-state index contributed by atoms with van der Waals surface area (Å²) in [5.41, 5.74) is 0. The maximum Gasteiger partial charge on any atom is 0.326 e. The molecule has 0 aromatic rings. The molecule has 0 spiro atoms. The fourth-order valence-electron chi connectivity index (χ4n) is 9.19. The van der Waals surface area contributed by atoms with Gasteiger partial charge in [-0.1, -0.05) is 89.9 Å². The van der Waals surface area contributed by atoms with Crippen molar-refractivity contribution in [1.29, 1.82) is 0 Å². The Morgan fingerprint density at radius 1 is 0.439 bits per heavy atom. The number of methoxy groups -OCH3 is 2. The fourth-order valence-corrected chi connectivity index (χ4v) is 9.19. The van der Waals surface area contributed by atoms with Crippen LogP contribution in [0.1, 0.15) is 193 Å². The molecule has 0 heterocycles. The second-order valence-corrected chi connectivity index (χ2v) is 21.1. The number of aliphatic carboxylic acids is 3. The van der Waals surface area contributed by atoms with Crippen LogP contribution in [0.5, 0.6) is 0 Å². The fraction of sp³-hybridized carbons (Fsp3) is 0.828. The molecule has 0 unspecified atom stereocenters. The molecule has 8 N–H and O–H groups in total. The molecule has 0 aliphatic heterocycles. The summed E-state index contributed by atoms with van der Waals surface area (Å²) < 4.78 is 31.5. The Labute approximate surface area is 485 Å². The second-order valence-electron chi connectivity index (χ2n) is 21.1. The summed E-state index contributed by atoms with van der Waals surface area (Å²) in [5.74, 6) is -5.92. The highest BCUT2D eigenvalue weighted by atomic mass is 16.7. The van der Waals surface area contributed by atoms with Crippen molar-refractivity contribution in [1.82, 2.24) is 26.6 Å². The SMILES string of the molecule is COC(CCC(=O)CNC(=O)COCCOCCCC(=O)COCCOCCNC(=O)[C@H](CCC(=O)O)NC(=O)CC[C@H](NC(=O)C1CCC(CNC(=O)CCCCCCCCCCCCCCCCCCC(=O)O)CC1)C(=O)O)OC. The van der Waals surface area contributed by atoms with Crippen LogP contribution in [0.25, 0.3) is 0 Å². The lowest BCUT2D eigenvalue weighted by Crippen LogP contribution is -2.48. The number of carboxylic acid groups (broad SMARTS) is 3. The first kappa shape index (κ1) is 74.9. The minimum atomic E-state index is -1.37. The maximum atomic E-state index is 13.1. The third-order valence-corrected chi connectivity index (χ3v) is 14.1. The van der Waals surface area contributed by atoms with E-state index < -0.39 is 72.2 Å². The molecule has 0 radical (unpaired) electrons. The molecular formula is C58H101N5O19. The smallest absolute Gasteiger partial charge is 0.326 e. The Morgan fingerprint density at radius 2 is 0.963 bits per heavy atom. The Bertz CT molecular complexity index is 1810. The summed E-state index contributed by atoms with van der Waals surface area (Å²) in [4.78, 5) is 121. The van der Waals surface area contributed by atoms with E-state index in [2.05, 4.69) is 26.6 Å². The van der Waals surface area contributed by atoms with Crippen molar-refractivity contribution in [3.8, 4) is 0 Å². The number of hydrogen-bond donors (Lipinski definition) is 8. The van der Waals surface area contributed by atoms with Crippen LogP contribution < -0.4 is 26.6 Å². The summed E-state index contributed by atoms with van der Waals surface area (Å²) in [6, 6.07) is -2.60. The van der Waals surface area contributed by atoms with Gasteiger partial charge in [0.2, 0.25) is 29.5 Å². The van der Waals surface area contributed by atoms with Crippen LogP contribution >= 0.6 is 0 Å². The number of ether oxygens (including phenoxy) is 6. The van der Waals surface area contributed by atoms with Crippen molar-refractivity contribution in [2.75, 3.05) is 86.7 Å². The summed E-state index contributed by atoms with van der Waals surface area (Å²) in [5, 5.41) is 40.9. The monoisotopic (exact) mass is 1170 g/mol. The van der Waals surface area contributed by atoms with Crippen LogP contribution in [0.15, 0.2) is 0 Å². The normalized spacial score (nSPS) is 14.8. The van der Waals surface area contributed by atoms with Gasteiger partial charge in [-0.05, 0) is 63.7 Å². The molecule has 1 aliphatic carbocycles.